The van der Waals surface area contributed by atoms with Gasteiger partial charge in [-0.05, 0) is 61.2 Å². The van der Waals surface area contributed by atoms with Crippen LogP contribution in [0.15, 0.2) is 0 Å². The lowest BCUT2D eigenvalue weighted by Gasteiger charge is -2.24. The van der Waals surface area contributed by atoms with Gasteiger partial charge in [0.15, 0.2) is 0 Å². The summed E-state index contributed by atoms with van der Waals surface area (Å²) in [6.07, 6.45) is 8.00. The van der Waals surface area contributed by atoms with Gasteiger partial charge in [-0.3, -0.25) is 0 Å². The monoisotopic (exact) mass is 206 g/mol. The van der Waals surface area contributed by atoms with Crippen LogP contribution in [0, 0.1) is 35.0 Å². The normalized spacial score (nSPS) is 51.5. The highest BCUT2D eigenvalue weighted by Gasteiger charge is 2.54. The predicted octanol–water partition coefficient (Wildman–Crippen LogP) is 3.28. The van der Waals surface area contributed by atoms with Crippen molar-refractivity contribution in [2.45, 2.75) is 46.0 Å². The standard InChI is InChI=1S/C14H22O/c1-14(2)6-11-5-9-3-4-10(8-15)13(9)12(11)7-14/h8-13H,3-7H2,1-2H3/t9-,10?,11+,12-,13+/m1/s1. The summed E-state index contributed by atoms with van der Waals surface area (Å²) in [5, 5.41) is 0. The molecule has 1 unspecified atom stereocenters. The lowest BCUT2D eigenvalue weighted by molar-refractivity contribution is -0.112. The van der Waals surface area contributed by atoms with E-state index in [4.69, 9.17) is 0 Å². The minimum Gasteiger partial charge on any atom is -0.303 e. The Labute approximate surface area is 92.6 Å². The Hall–Kier alpha value is -0.330. The molecular formula is C14H22O. The van der Waals surface area contributed by atoms with Gasteiger partial charge < -0.3 is 4.79 Å². The summed E-state index contributed by atoms with van der Waals surface area (Å²) in [6.45, 7) is 4.82. The number of carbonyl (C=O) groups is 1. The van der Waals surface area contributed by atoms with E-state index in [1.807, 2.05) is 0 Å². The van der Waals surface area contributed by atoms with Crippen molar-refractivity contribution in [3.8, 4) is 0 Å². The molecule has 0 spiro atoms. The highest BCUT2D eigenvalue weighted by molar-refractivity contribution is 5.55. The number of rotatable bonds is 1. The Morgan fingerprint density at radius 1 is 1.13 bits per heavy atom. The number of fused-ring (bicyclic) bond motifs is 3. The summed E-state index contributed by atoms with van der Waals surface area (Å²) in [7, 11) is 0. The molecule has 3 aliphatic carbocycles. The quantitative estimate of drug-likeness (QED) is 0.602. The van der Waals surface area contributed by atoms with Gasteiger partial charge in [0.05, 0.1) is 0 Å². The molecule has 0 heterocycles. The van der Waals surface area contributed by atoms with Crippen LogP contribution in [0.2, 0.25) is 0 Å². The van der Waals surface area contributed by atoms with Gasteiger partial charge in [-0.2, -0.15) is 0 Å². The van der Waals surface area contributed by atoms with Crippen molar-refractivity contribution in [2.75, 3.05) is 0 Å². The third kappa shape index (κ3) is 1.38. The van der Waals surface area contributed by atoms with E-state index in [0.29, 0.717) is 11.3 Å². The Balaban J connectivity index is 1.83. The van der Waals surface area contributed by atoms with Crippen molar-refractivity contribution in [1.29, 1.82) is 0 Å². The van der Waals surface area contributed by atoms with Gasteiger partial charge in [-0.15, -0.1) is 0 Å². The van der Waals surface area contributed by atoms with Gasteiger partial charge in [0.1, 0.15) is 6.29 Å². The molecule has 0 aromatic heterocycles. The first-order chi connectivity index (χ1) is 7.11. The minimum absolute atomic E-state index is 0.416. The Kier molecular flexibility index (Phi) is 2.03. The van der Waals surface area contributed by atoms with Gasteiger partial charge in [-0.1, -0.05) is 13.8 Å². The van der Waals surface area contributed by atoms with Crippen molar-refractivity contribution in [1.82, 2.24) is 0 Å². The molecule has 1 nitrogen and oxygen atoms in total. The molecule has 3 fully saturated rings. The van der Waals surface area contributed by atoms with Crippen LogP contribution in [0.4, 0.5) is 0 Å². The number of hydrogen-bond donors (Lipinski definition) is 0. The summed E-state index contributed by atoms with van der Waals surface area (Å²) >= 11 is 0. The van der Waals surface area contributed by atoms with E-state index >= 15 is 0 Å². The highest BCUT2D eigenvalue weighted by Crippen LogP contribution is 2.62. The van der Waals surface area contributed by atoms with Gasteiger partial charge in [0.25, 0.3) is 0 Å². The van der Waals surface area contributed by atoms with Crippen LogP contribution in [-0.4, -0.2) is 6.29 Å². The van der Waals surface area contributed by atoms with Gasteiger partial charge >= 0.3 is 0 Å². The zero-order valence-electron chi connectivity index (χ0n) is 9.91. The fourth-order valence-electron chi connectivity index (χ4n) is 5.09. The van der Waals surface area contributed by atoms with Gasteiger partial charge in [-0.25, -0.2) is 0 Å². The molecule has 5 atom stereocenters. The summed E-state index contributed by atoms with van der Waals surface area (Å²) in [5.41, 5.74) is 0.552. The number of carbonyl (C=O) groups excluding carboxylic acids is 1. The lowest BCUT2D eigenvalue weighted by Crippen LogP contribution is -2.20. The lowest BCUT2D eigenvalue weighted by atomic mass is 9.80. The SMILES string of the molecule is CC1(C)C[C@@H]2C[C@H]3CCC(C=O)[C@H]3[C@@H]2C1. The van der Waals surface area contributed by atoms with Crippen LogP contribution >= 0.6 is 0 Å². The predicted molar refractivity (Wildman–Crippen MR) is 60.4 cm³/mol. The molecule has 3 aliphatic rings. The van der Waals surface area contributed by atoms with Crippen molar-refractivity contribution in [3.05, 3.63) is 0 Å². The number of hydrogen-bond acceptors (Lipinski definition) is 1. The van der Waals surface area contributed by atoms with E-state index in [0.717, 1.165) is 23.7 Å². The first-order valence-electron chi connectivity index (χ1n) is 6.56. The molecule has 0 bridgehead atoms. The molecule has 0 radical (unpaired) electrons. The molecule has 84 valence electrons. The minimum atomic E-state index is 0.416. The average Bonchev–Trinajstić information content (AvgIpc) is 2.73. The Morgan fingerprint density at radius 3 is 2.67 bits per heavy atom. The molecule has 3 rings (SSSR count). The Bertz CT molecular complexity index is 281. The molecular weight excluding hydrogens is 184 g/mol. The molecule has 0 amide bonds. The van der Waals surface area contributed by atoms with E-state index in [9.17, 15) is 4.79 Å². The molecule has 0 aromatic carbocycles. The number of aldehydes is 1. The second-order valence-corrected chi connectivity index (χ2v) is 6.95. The molecule has 0 saturated heterocycles. The van der Waals surface area contributed by atoms with E-state index < -0.39 is 0 Å². The largest absolute Gasteiger partial charge is 0.303 e. The van der Waals surface area contributed by atoms with E-state index in [2.05, 4.69) is 13.8 Å². The van der Waals surface area contributed by atoms with E-state index in [1.54, 1.807) is 0 Å². The van der Waals surface area contributed by atoms with Crippen LogP contribution < -0.4 is 0 Å². The van der Waals surface area contributed by atoms with Crippen molar-refractivity contribution >= 4 is 6.29 Å². The van der Waals surface area contributed by atoms with Crippen molar-refractivity contribution < 1.29 is 4.79 Å². The second kappa shape index (κ2) is 3.09. The zero-order valence-corrected chi connectivity index (χ0v) is 9.91. The smallest absolute Gasteiger partial charge is 0.123 e. The topological polar surface area (TPSA) is 17.1 Å². The summed E-state index contributed by atoms with van der Waals surface area (Å²) in [6, 6.07) is 0. The molecule has 0 N–H and O–H groups in total. The average molecular weight is 206 g/mol. The van der Waals surface area contributed by atoms with Crippen molar-refractivity contribution in [2.24, 2.45) is 35.0 Å². The van der Waals surface area contributed by atoms with Gasteiger partial charge in [0, 0.05) is 5.92 Å². The maximum atomic E-state index is 11.1. The first kappa shape index (κ1) is 9.86. The fraction of sp³-hybridized carbons (Fsp3) is 0.929. The first-order valence-corrected chi connectivity index (χ1v) is 6.56. The zero-order chi connectivity index (χ0) is 10.6. The van der Waals surface area contributed by atoms with Crippen molar-refractivity contribution in [3.63, 3.8) is 0 Å². The maximum Gasteiger partial charge on any atom is 0.123 e. The fourth-order valence-corrected chi connectivity index (χ4v) is 5.09. The van der Waals surface area contributed by atoms with Crippen LogP contribution in [-0.2, 0) is 4.79 Å². The van der Waals surface area contributed by atoms with Crippen LogP contribution in [0.5, 0.6) is 0 Å². The molecule has 15 heavy (non-hydrogen) atoms. The van der Waals surface area contributed by atoms with E-state index in [1.165, 1.54) is 38.4 Å². The molecule has 1 heteroatoms. The summed E-state index contributed by atoms with van der Waals surface area (Å²) in [5.74, 6) is 3.94. The third-order valence-corrected chi connectivity index (χ3v) is 5.39. The Morgan fingerprint density at radius 2 is 1.93 bits per heavy atom. The molecule has 0 aliphatic heterocycles. The summed E-state index contributed by atoms with van der Waals surface area (Å²) in [4.78, 5) is 11.1. The van der Waals surface area contributed by atoms with E-state index in [-0.39, 0.29) is 0 Å². The van der Waals surface area contributed by atoms with Gasteiger partial charge in [0.2, 0.25) is 0 Å². The summed E-state index contributed by atoms with van der Waals surface area (Å²) < 4.78 is 0. The van der Waals surface area contributed by atoms with Crippen LogP contribution in [0.1, 0.15) is 46.0 Å². The maximum absolute atomic E-state index is 11.1. The molecule has 3 saturated carbocycles. The second-order valence-electron chi connectivity index (χ2n) is 6.95. The molecule has 0 aromatic rings. The van der Waals surface area contributed by atoms with Crippen LogP contribution in [0.25, 0.3) is 0 Å². The third-order valence-electron chi connectivity index (χ3n) is 5.39. The highest BCUT2D eigenvalue weighted by atomic mass is 16.1. The van der Waals surface area contributed by atoms with Crippen LogP contribution in [0.3, 0.4) is 0 Å².